The maximum atomic E-state index is 11.5. The molecule has 0 aromatic heterocycles. The summed E-state index contributed by atoms with van der Waals surface area (Å²) < 4.78 is 5.08. The molecule has 0 radical (unpaired) electrons. The molecule has 1 N–H and O–H groups in total. The van der Waals surface area contributed by atoms with Gasteiger partial charge in [0.15, 0.2) is 0 Å². The second-order valence-electron chi connectivity index (χ2n) is 4.56. The van der Waals surface area contributed by atoms with E-state index in [2.05, 4.69) is 10.5 Å². The third-order valence-corrected chi connectivity index (χ3v) is 2.45. The quantitative estimate of drug-likeness (QED) is 0.643. The van der Waals surface area contributed by atoms with E-state index in [9.17, 15) is 4.79 Å². The molecule has 0 atom stereocenters. The molecule has 0 aliphatic carbocycles. The maximum absolute atomic E-state index is 11.5. The number of hydrazone groups is 1. The van der Waals surface area contributed by atoms with Crippen molar-refractivity contribution in [2.24, 2.45) is 11.0 Å². The molecule has 0 aliphatic rings. The molecule has 0 bridgehead atoms. The van der Waals surface area contributed by atoms with Crippen LogP contribution in [0.4, 0.5) is 0 Å². The highest BCUT2D eigenvalue weighted by molar-refractivity contribution is 5.99. The minimum absolute atomic E-state index is 0.0575. The lowest BCUT2D eigenvalue weighted by atomic mass is 10.1. The van der Waals surface area contributed by atoms with Gasteiger partial charge in [0, 0.05) is 6.42 Å². The molecule has 0 spiro atoms. The van der Waals surface area contributed by atoms with E-state index in [4.69, 9.17) is 4.74 Å². The molecule has 0 unspecified atom stereocenters. The van der Waals surface area contributed by atoms with Crippen LogP contribution in [0.15, 0.2) is 29.4 Å². The van der Waals surface area contributed by atoms with Gasteiger partial charge in [-0.25, -0.2) is 5.43 Å². The van der Waals surface area contributed by atoms with Crippen molar-refractivity contribution in [2.45, 2.75) is 27.2 Å². The average Bonchev–Trinajstić information content (AvgIpc) is 2.35. The van der Waals surface area contributed by atoms with Crippen LogP contribution in [0.1, 0.15) is 32.8 Å². The van der Waals surface area contributed by atoms with Gasteiger partial charge < -0.3 is 4.74 Å². The Hall–Kier alpha value is -1.84. The predicted octanol–water partition coefficient (Wildman–Crippen LogP) is 2.58. The van der Waals surface area contributed by atoms with Crippen LogP contribution in [0.3, 0.4) is 0 Å². The second kappa shape index (κ2) is 6.79. The molecular weight excluding hydrogens is 228 g/mol. The van der Waals surface area contributed by atoms with E-state index >= 15 is 0 Å². The Balaban J connectivity index is 2.62. The SMILES string of the molecule is COc1ccc(C(C)=NNC(=O)CC(C)C)cc1. The van der Waals surface area contributed by atoms with Crippen molar-refractivity contribution in [3.05, 3.63) is 29.8 Å². The van der Waals surface area contributed by atoms with E-state index in [0.29, 0.717) is 12.3 Å². The number of carbonyl (C=O) groups is 1. The summed E-state index contributed by atoms with van der Waals surface area (Å²) in [5, 5.41) is 4.08. The Labute approximate surface area is 108 Å². The molecule has 1 amide bonds. The van der Waals surface area contributed by atoms with Gasteiger partial charge in [-0.15, -0.1) is 0 Å². The molecule has 1 aromatic rings. The van der Waals surface area contributed by atoms with Gasteiger partial charge in [0.05, 0.1) is 12.8 Å². The van der Waals surface area contributed by atoms with Gasteiger partial charge in [0.1, 0.15) is 5.75 Å². The lowest BCUT2D eigenvalue weighted by Gasteiger charge is -2.05. The van der Waals surface area contributed by atoms with Gasteiger partial charge in [-0.05, 0) is 42.7 Å². The minimum Gasteiger partial charge on any atom is -0.497 e. The molecule has 0 saturated heterocycles. The second-order valence-corrected chi connectivity index (χ2v) is 4.56. The molecule has 1 aromatic carbocycles. The third-order valence-electron chi connectivity index (χ3n) is 2.45. The first kappa shape index (κ1) is 14.2. The Morgan fingerprint density at radius 2 is 1.94 bits per heavy atom. The summed E-state index contributed by atoms with van der Waals surface area (Å²) >= 11 is 0. The van der Waals surface area contributed by atoms with Gasteiger partial charge >= 0.3 is 0 Å². The number of benzene rings is 1. The molecule has 1 rings (SSSR count). The lowest BCUT2D eigenvalue weighted by molar-refractivity contribution is -0.121. The first-order valence-electron chi connectivity index (χ1n) is 6.00. The van der Waals surface area contributed by atoms with E-state index in [0.717, 1.165) is 17.0 Å². The third kappa shape index (κ3) is 4.57. The van der Waals surface area contributed by atoms with Gasteiger partial charge in [-0.2, -0.15) is 5.10 Å². The van der Waals surface area contributed by atoms with Crippen molar-refractivity contribution < 1.29 is 9.53 Å². The number of hydrogen-bond acceptors (Lipinski definition) is 3. The standard InChI is InChI=1S/C14H20N2O2/c1-10(2)9-14(17)16-15-11(3)12-5-7-13(18-4)8-6-12/h5-8,10H,9H2,1-4H3,(H,16,17). The Morgan fingerprint density at radius 1 is 1.33 bits per heavy atom. The number of rotatable bonds is 5. The summed E-state index contributed by atoms with van der Waals surface area (Å²) in [5.41, 5.74) is 4.29. The molecule has 4 heteroatoms. The molecule has 98 valence electrons. The number of hydrogen-bond donors (Lipinski definition) is 1. The van der Waals surface area contributed by atoms with Crippen molar-refractivity contribution in [1.82, 2.24) is 5.43 Å². The van der Waals surface area contributed by atoms with E-state index in [1.165, 1.54) is 0 Å². The first-order valence-corrected chi connectivity index (χ1v) is 6.00. The van der Waals surface area contributed by atoms with E-state index in [-0.39, 0.29) is 5.91 Å². The van der Waals surface area contributed by atoms with E-state index in [1.54, 1.807) is 7.11 Å². The summed E-state index contributed by atoms with van der Waals surface area (Å²) in [6, 6.07) is 7.55. The minimum atomic E-state index is -0.0575. The normalized spacial score (nSPS) is 11.5. The summed E-state index contributed by atoms with van der Waals surface area (Å²) in [6.07, 6.45) is 0.486. The summed E-state index contributed by atoms with van der Waals surface area (Å²) in [4.78, 5) is 11.5. The number of amides is 1. The number of carbonyl (C=O) groups excluding carboxylic acids is 1. The average molecular weight is 248 g/mol. The first-order chi connectivity index (χ1) is 8.52. The molecule has 0 heterocycles. The smallest absolute Gasteiger partial charge is 0.240 e. The van der Waals surface area contributed by atoms with Crippen molar-refractivity contribution in [2.75, 3.05) is 7.11 Å². The molecule has 4 nitrogen and oxygen atoms in total. The maximum Gasteiger partial charge on any atom is 0.240 e. The molecule has 0 fully saturated rings. The van der Waals surface area contributed by atoms with Crippen LogP contribution in [0.2, 0.25) is 0 Å². The Kier molecular flexibility index (Phi) is 5.36. The van der Waals surface area contributed by atoms with E-state index < -0.39 is 0 Å². The number of ether oxygens (including phenoxy) is 1. The largest absolute Gasteiger partial charge is 0.497 e. The van der Waals surface area contributed by atoms with Crippen LogP contribution in [-0.2, 0) is 4.79 Å². The van der Waals surface area contributed by atoms with Crippen LogP contribution < -0.4 is 10.2 Å². The summed E-state index contributed by atoms with van der Waals surface area (Å²) in [5.74, 6) is 1.08. The fourth-order valence-electron chi connectivity index (χ4n) is 1.46. The van der Waals surface area contributed by atoms with Crippen LogP contribution in [0.5, 0.6) is 5.75 Å². The van der Waals surface area contributed by atoms with Crippen molar-refractivity contribution in [3.63, 3.8) is 0 Å². The van der Waals surface area contributed by atoms with Crippen molar-refractivity contribution in [3.8, 4) is 5.75 Å². The van der Waals surface area contributed by atoms with Gasteiger partial charge in [-0.3, -0.25) is 4.79 Å². The van der Waals surface area contributed by atoms with Crippen LogP contribution >= 0.6 is 0 Å². The fraction of sp³-hybridized carbons (Fsp3) is 0.429. The van der Waals surface area contributed by atoms with Crippen molar-refractivity contribution >= 4 is 11.6 Å². The molecular formula is C14H20N2O2. The summed E-state index contributed by atoms with van der Waals surface area (Å²) in [7, 11) is 1.63. The zero-order chi connectivity index (χ0) is 13.5. The Morgan fingerprint density at radius 3 is 2.44 bits per heavy atom. The van der Waals surface area contributed by atoms with Crippen molar-refractivity contribution in [1.29, 1.82) is 0 Å². The number of nitrogens with zero attached hydrogens (tertiary/aromatic N) is 1. The zero-order valence-corrected chi connectivity index (χ0v) is 11.4. The van der Waals surface area contributed by atoms with Gasteiger partial charge in [-0.1, -0.05) is 13.8 Å². The summed E-state index contributed by atoms with van der Waals surface area (Å²) in [6.45, 7) is 5.86. The Bertz CT molecular complexity index is 422. The number of methoxy groups -OCH3 is 1. The number of nitrogens with one attached hydrogen (secondary N) is 1. The molecule has 0 aliphatic heterocycles. The van der Waals surface area contributed by atoms with Gasteiger partial charge in [0.2, 0.25) is 5.91 Å². The monoisotopic (exact) mass is 248 g/mol. The highest BCUT2D eigenvalue weighted by atomic mass is 16.5. The zero-order valence-electron chi connectivity index (χ0n) is 11.4. The molecule has 0 saturated carbocycles. The lowest BCUT2D eigenvalue weighted by Crippen LogP contribution is -2.20. The fourth-order valence-corrected chi connectivity index (χ4v) is 1.46. The predicted molar refractivity (Wildman–Crippen MR) is 72.8 cm³/mol. The molecule has 18 heavy (non-hydrogen) atoms. The van der Waals surface area contributed by atoms with Gasteiger partial charge in [0.25, 0.3) is 0 Å². The topological polar surface area (TPSA) is 50.7 Å². The van der Waals surface area contributed by atoms with Crippen LogP contribution in [0, 0.1) is 5.92 Å². The highest BCUT2D eigenvalue weighted by Gasteiger charge is 2.04. The van der Waals surface area contributed by atoms with E-state index in [1.807, 2.05) is 45.0 Å². The van der Waals surface area contributed by atoms with Crippen LogP contribution in [0.25, 0.3) is 0 Å². The highest BCUT2D eigenvalue weighted by Crippen LogP contribution is 2.11. The van der Waals surface area contributed by atoms with Crippen LogP contribution in [-0.4, -0.2) is 18.7 Å².